The minimum atomic E-state index is 0.592. The molecule has 2 rings (SSSR count). The van der Waals surface area contributed by atoms with Crippen LogP contribution in [0.15, 0.2) is 0 Å². The summed E-state index contributed by atoms with van der Waals surface area (Å²) >= 11 is 0. The second kappa shape index (κ2) is 3.14. The van der Waals surface area contributed by atoms with Crippen molar-refractivity contribution in [2.45, 2.75) is 44.6 Å². The molecule has 2 saturated carbocycles. The van der Waals surface area contributed by atoms with Gasteiger partial charge in [0.25, 0.3) is 0 Å². The minimum absolute atomic E-state index is 0.592. The number of hydrogen-bond acceptors (Lipinski definition) is 1. The van der Waals surface area contributed by atoms with Crippen LogP contribution in [-0.4, -0.2) is 13.2 Å². The maximum absolute atomic E-state index is 5.40. The zero-order valence-electron chi connectivity index (χ0n) is 7.38. The van der Waals surface area contributed by atoms with Crippen molar-refractivity contribution >= 4 is 0 Å². The van der Waals surface area contributed by atoms with Crippen LogP contribution < -0.4 is 0 Å². The van der Waals surface area contributed by atoms with Gasteiger partial charge in [-0.1, -0.05) is 19.3 Å². The van der Waals surface area contributed by atoms with Crippen LogP contribution >= 0.6 is 0 Å². The minimum Gasteiger partial charge on any atom is -0.381 e. The molecular weight excluding hydrogens is 136 g/mol. The molecule has 11 heavy (non-hydrogen) atoms. The Morgan fingerprint density at radius 3 is 2.64 bits per heavy atom. The monoisotopic (exact) mass is 154 g/mol. The molecule has 0 aromatic rings. The highest BCUT2D eigenvalue weighted by Gasteiger charge is 2.33. The first-order valence-corrected chi connectivity index (χ1v) is 4.93. The third-order valence-corrected chi connectivity index (χ3v) is 3.57. The standard InChI is InChI=1S/C10H18O/c1-11-10-6-5-8-3-2-4-9(8)7-10/h8-10H,2-7H2,1H3. The third kappa shape index (κ3) is 1.44. The van der Waals surface area contributed by atoms with Gasteiger partial charge in [-0.3, -0.25) is 0 Å². The van der Waals surface area contributed by atoms with Gasteiger partial charge in [-0.2, -0.15) is 0 Å². The Bertz CT molecular complexity index is 133. The van der Waals surface area contributed by atoms with E-state index in [0.717, 1.165) is 11.8 Å². The fourth-order valence-corrected chi connectivity index (χ4v) is 2.87. The Morgan fingerprint density at radius 2 is 1.82 bits per heavy atom. The number of rotatable bonds is 1. The van der Waals surface area contributed by atoms with Crippen molar-refractivity contribution in [1.82, 2.24) is 0 Å². The van der Waals surface area contributed by atoms with Gasteiger partial charge in [0, 0.05) is 7.11 Å². The van der Waals surface area contributed by atoms with Gasteiger partial charge in [0.1, 0.15) is 0 Å². The lowest BCUT2D eigenvalue weighted by Gasteiger charge is -2.30. The Hall–Kier alpha value is -0.0400. The molecule has 0 spiro atoms. The number of methoxy groups -OCH3 is 1. The molecule has 2 aliphatic rings. The first-order chi connectivity index (χ1) is 5.40. The second-order valence-electron chi connectivity index (χ2n) is 4.12. The Balaban J connectivity index is 1.91. The van der Waals surface area contributed by atoms with Gasteiger partial charge in [-0.15, -0.1) is 0 Å². The molecule has 0 aromatic carbocycles. The molecule has 3 unspecified atom stereocenters. The lowest BCUT2D eigenvalue weighted by Crippen LogP contribution is -2.25. The zero-order chi connectivity index (χ0) is 7.68. The van der Waals surface area contributed by atoms with Crippen LogP contribution in [0.1, 0.15) is 38.5 Å². The Kier molecular flexibility index (Phi) is 2.17. The number of hydrogen-bond donors (Lipinski definition) is 0. The van der Waals surface area contributed by atoms with Crippen molar-refractivity contribution in [1.29, 1.82) is 0 Å². The van der Waals surface area contributed by atoms with Gasteiger partial charge >= 0.3 is 0 Å². The fraction of sp³-hybridized carbons (Fsp3) is 1.00. The maximum atomic E-state index is 5.40. The third-order valence-electron chi connectivity index (χ3n) is 3.57. The summed E-state index contributed by atoms with van der Waals surface area (Å²) in [5, 5.41) is 0. The first kappa shape index (κ1) is 7.60. The van der Waals surface area contributed by atoms with Gasteiger partial charge in [-0.05, 0) is 31.1 Å². The second-order valence-corrected chi connectivity index (χ2v) is 4.12. The predicted molar refractivity (Wildman–Crippen MR) is 45.5 cm³/mol. The molecule has 0 aliphatic heterocycles. The largest absolute Gasteiger partial charge is 0.381 e. The molecule has 1 nitrogen and oxygen atoms in total. The summed E-state index contributed by atoms with van der Waals surface area (Å²) in [6.07, 6.45) is 9.15. The van der Waals surface area contributed by atoms with Gasteiger partial charge in [0.05, 0.1) is 6.10 Å². The van der Waals surface area contributed by atoms with Crippen molar-refractivity contribution in [2.24, 2.45) is 11.8 Å². The van der Waals surface area contributed by atoms with E-state index >= 15 is 0 Å². The normalized spacial score (nSPS) is 43.9. The zero-order valence-corrected chi connectivity index (χ0v) is 7.38. The van der Waals surface area contributed by atoms with E-state index in [9.17, 15) is 0 Å². The summed E-state index contributed by atoms with van der Waals surface area (Å²) in [5.41, 5.74) is 0. The average Bonchev–Trinajstić information content (AvgIpc) is 2.50. The quantitative estimate of drug-likeness (QED) is 0.564. The van der Waals surface area contributed by atoms with E-state index in [1.54, 1.807) is 0 Å². The number of fused-ring (bicyclic) bond motifs is 1. The highest BCUT2D eigenvalue weighted by Crippen LogP contribution is 2.42. The van der Waals surface area contributed by atoms with E-state index in [1.807, 2.05) is 7.11 Å². The van der Waals surface area contributed by atoms with Gasteiger partial charge in [-0.25, -0.2) is 0 Å². The summed E-state index contributed by atoms with van der Waals surface area (Å²) in [4.78, 5) is 0. The highest BCUT2D eigenvalue weighted by atomic mass is 16.5. The van der Waals surface area contributed by atoms with E-state index in [0.29, 0.717) is 6.10 Å². The Morgan fingerprint density at radius 1 is 1.00 bits per heavy atom. The van der Waals surface area contributed by atoms with Crippen LogP contribution in [-0.2, 0) is 4.74 Å². The molecule has 2 fully saturated rings. The van der Waals surface area contributed by atoms with Crippen molar-refractivity contribution in [3.8, 4) is 0 Å². The van der Waals surface area contributed by atoms with E-state index in [-0.39, 0.29) is 0 Å². The molecule has 0 radical (unpaired) electrons. The van der Waals surface area contributed by atoms with Crippen LogP contribution in [0.5, 0.6) is 0 Å². The molecule has 0 heterocycles. The number of ether oxygens (including phenoxy) is 1. The smallest absolute Gasteiger partial charge is 0.0574 e. The summed E-state index contributed by atoms with van der Waals surface area (Å²) < 4.78 is 5.40. The molecule has 0 aromatic heterocycles. The summed E-state index contributed by atoms with van der Waals surface area (Å²) in [6.45, 7) is 0. The molecule has 0 bridgehead atoms. The molecule has 64 valence electrons. The van der Waals surface area contributed by atoms with Gasteiger partial charge in [0.2, 0.25) is 0 Å². The first-order valence-electron chi connectivity index (χ1n) is 4.93. The summed E-state index contributed by atoms with van der Waals surface area (Å²) in [6, 6.07) is 0. The van der Waals surface area contributed by atoms with E-state index in [4.69, 9.17) is 4.74 Å². The van der Waals surface area contributed by atoms with Crippen LogP contribution in [0.4, 0.5) is 0 Å². The van der Waals surface area contributed by atoms with E-state index in [2.05, 4.69) is 0 Å². The van der Waals surface area contributed by atoms with Crippen LogP contribution in [0, 0.1) is 11.8 Å². The lowest BCUT2D eigenvalue weighted by molar-refractivity contribution is 0.0368. The van der Waals surface area contributed by atoms with Gasteiger partial charge < -0.3 is 4.74 Å². The van der Waals surface area contributed by atoms with Gasteiger partial charge in [0.15, 0.2) is 0 Å². The van der Waals surface area contributed by atoms with Crippen LogP contribution in [0.2, 0.25) is 0 Å². The van der Waals surface area contributed by atoms with Crippen molar-refractivity contribution in [3.63, 3.8) is 0 Å². The molecule has 0 saturated heterocycles. The summed E-state index contributed by atoms with van der Waals surface area (Å²) in [7, 11) is 1.86. The highest BCUT2D eigenvalue weighted by molar-refractivity contribution is 4.84. The van der Waals surface area contributed by atoms with E-state index in [1.165, 1.54) is 38.5 Å². The molecule has 3 atom stereocenters. The molecular formula is C10H18O. The van der Waals surface area contributed by atoms with E-state index < -0.39 is 0 Å². The van der Waals surface area contributed by atoms with Crippen molar-refractivity contribution in [3.05, 3.63) is 0 Å². The predicted octanol–water partition coefficient (Wildman–Crippen LogP) is 2.60. The molecule has 2 aliphatic carbocycles. The lowest BCUT2D eigenvalue weighted by atomic mass is 9.80. The fourth-order valence-electron chi connectivity index (χ4n) is 2.87. The SMILES string of the molecule is COC1CCC2CCCC2C1. The maximum Gasteiger partial charge on any atom is 0.0574 e. The average molecular weight is 154 g/mol. The molecule has 1 heteroatoms. The molecule has 0 amide bonds. The van der Waals surface area contributed by atoms with Crippen molar-refractivity contribution in [2.75, 3.05) is 7.11 Å². The topological polar surface area (TPSA) is 9.23 Å². The van der Waals surface area contributed by atoms with Crippen molar-refractivity contribution < 1.29 is 4.74 Å². The Labute approximate surface area is 69.1 Å². The van der Waals surface area contributed by atoms with Crippen LogP contribution in [0.25, 0.3) is 0 Å². The summed E-state index contributed by atoms with van der Waals surface area (Å²) in [5.74, 6) is 2.09. The molecule has 0 N–H and O–H groups in total. The van der Waals surface area contributed by atoms with Crippen LogP contribution in [0.3, 0.4) is 0 Å².